The zero-order valence-electron chi connectivity index (χ0n) is 12.7. The Bertz CT molecular complexity index is 261. The third-order valence-electron chi connectivity index (χ3n) is 3.84. The fraction of sp³-hybridized carbons (Fsp3) is 0.929. The Labute approximate surface area is 117 Å². The lowest BCUT2D eigenvalue weighted by molar-refractivity contribution is -0.137. The molecule has 1 amide bonds. The molecule has 0 aromatic heterocycles. The van der Waals surface area contributed by atoms with Crippen molar-refractivity contribution in [1.82, 2.24) is 15.5 Å². The lowest BCUT2D eigenvalue weighted by Gasteiger charge is -2.36. The molecule has 0 aromatic carbocycles. The Balaban J connectivity index is 2.64. The summed E-state index contributed by atoms with van der Waals surface area (Å²) in [7, 11) is 1.68. The molecule has 1 fully saturated rings. The largest absolute Gasteiger partial charge is 0.383 e. The molecule has 5 nitrogen and oxygen atoms in total. The second-order valence-corrected chi connectivity index (χ2v) is 5.26. The summed E-state index contributed by atoms with van der Waals surface area (Å²) in [6.45, 7) is 9.22. The fourth-order valence-electron chi connectivity index (χ4n) is 2.55. The van der Waals surface area contributed by atoms with Crippen molar-refractivity contribution >= 4 is 5.91 Å². The molecule has 1 heterocycles. The molecule has 112 valence electrons. The normalized spacial score (nSPS) is 23.6. The van der Waals surface area contributed by atoms with E-state index < -0.39 is 0 Å². The lowest BCUT2D eigenvalue weighted by Crippen LogP contribution is -2.61. The van der Waals surface area contributed by atoms with Crippen LogP contribution in [0.1, 0.15) is 33.6 Å². The summed E-state index contributed by atoms with van der Waals surface area (Å²) in [5, 5.41) is 6.69. The SMILES string of the molecule is CCC(CC)N(CCOC)C(=O)C1CNC(C)CN1. The quantitative estimate of drug-likeness (QED) is 0.712. The van der Waals surface area contributed by atoms with E-state index in [2.05, 4.69) is 31.4 Å². The molecule has 1 rings (SSSR count). The van der Waals surface area contributed by atoms with E-state index in [1.165, 1.54) is 0 Å². The van der Waals surface area contributed by atoms with Gasteiger partial charge in [-0.2, -0.15) is 0 Å². The highest BCUT2D eigenvalue weighted by molar-refractivity contribution is 5.82. The summed E-state index contributed by atoms with van der Waals surface area (Å²) < 4.78 is 5.14. The van der Waals surface area contributed by atoms with Crippen molar-refractivity contribution in [3.05, 3.63) is 0 Å². The van der Waals surface area contributed by atoms with Crippen LogP contribution < -0.4 is 10.6 Å². The van der Waals surface area contributed by atoms with Crippen LogP contribution >= 0.6 is 0 Å². The highest BCUT2D eigenvalue weighted by atomic mass is 16.5. The number of hydrogen-bond donors (Lipinski definition) is 2. The highest BCUT2D eigenvalue weighted by Gasteiger charge is 2.30. The molecule has 0 aromatic rings. The lowest BCUT2D eigenvalue weighted by atomic mass is 10.1. The number of piperazine rings is 1. The van der Waals surface area contributed by atoms with Crippen LogP contribution in [0.5, 0.6) is 0 Å². The number of nitrogens with one attached hydrogen (secondary N) is 2. The number of carbonyl (C=O) groups excluding carboxylic acids is 1. The average Bonchev–Trinajstić information content (AvgIpc) is 2.43. The first-order valence-corrected chi connectivity index (χ1v) is 7.40. The van der Waals surface area contributed by atoms with Crippen LogP contribution in [0.3, 0.4) is 0 Å². The predicted molar refractivity (Wildman–Crippen MR) is 77.2 cm³/mol. The number of amides is 1. The maximum atomic E-state index is 12.6. The molecule has 19 heavy (non-hydrogen) atoms. The maximum absolute atomic E-state index is 12.6. The summed E-state index contributed by atoms with van der Waals surface area (Å²) in [4.78, 5) is 14.6. The molecule has 2 atom stereocenters. The van der Waals surface area contributed by atoms with Crippen molar-refractivity contribution in [3.63, 3.8) is 0 Å². The monoisotopic (exact) mass is 271 g/mol. The van der Waals surface area contributed by atoms with E-state index in [-0.39, 0.29) is 11.9 Å². The van der Waals surface area contributed by atoms with E-state index in [1.54, 1.807) is 7.11 Å². The van der Waals surface area contributed by atoms with Crippen molar-refractivity contribution in [2.45, 2.75) is 51.7 Å². The van der Waals surface area contributed by atoms with Crippen molar-refractivity contribution < 1.29 is 9.53 Å². The van der Waals surface area contributed by atoms with Crippen LogP contribution in [0.25, 0.3) is 0 Å². The minimum atomic E-state index is -0.103. The van der Waals surface area contributed by atoms with Gasteiger partial charge in [0.05, 0.1) is 12.6 Å². The van der Waals surface area contributed by atoms with Crippen LogP contribution in [-0.2, 0) is 9.53 Å². The number of carbonyl (C=O) groups is 1. The van der Waals surface area contributed by atoms with E-state index in [4.69, 9.17) is 4.74 Å². The van der Waals surface area contributed by atoms with Gasteiger partial charge in [0, 0.05) is 38.8 Å². The number of ether oxygens (including phenoxy) is 1. The van der Waals surface area contributed by atoms with Crippen LogP contribution in [0.4, 0.5) is 0 Å². The molecule has 0 spiro atoms. The van der Waals surface area contributed by atoms with Gasteiger partial charge in [-0.25, -0.2) is 0 Å². The van der Waals surface area contributed by atoms with Gasteiger partial charge in [0.2, 0.25) is 5.91 Å². The average molecular weight is 271 g/mol. The maximum Gasteiger partial charge on any atom is 0.241 e. The third-order valence-corrected chi connectivity index (χ3v) is 3.84. The molecule has 2 unspecified atom stereocenters. The summed E-state index contributed by atoms with van der Waals surface area (Å²) in [5.74, 6) is 0.199. The summed E-state index contributed by atoms with van der Waals surface area (Å²) in [6.07, 6.45) is 1.98. The number of methoxy groups -OCH3 is 1. The van der Waals surface area contributed by atoms with E-state index >= 15 is 0 Å². The molecule has 0 radical (unpaired) electrons. The van der Waals surface area contributed by atoms with Crippen molar-refractivity contribution in [2.75, 3.05) is 33.4 Å². The molecule has 2 N–H and O–H groups in total. The van der Waals surface area contributed by atoms with E-state index in [9.17, 15) is 4.79 Å². The van der Waals surface area contributed by atoms with Gasteiger partial charge in [-0.3, -0.25) is 4.79 Å². The molecule has 1 saturated heterocycles. The van der Waals surface area contributed by atoms with Crippen molar-refractivity contribution in [1.29, 1.82) is 0 Å². The highest BCUT2D eigenvalue weighted by Crippen LogP contribution is 2.11. The topological polar surface area (TPSA) is 53.6 Å². The number of hydrogen-bond acceptors (Lipinski definition) is 4. The van der Waals surface area contributed by atoms with Gasteiger partial charge in [0.1, 0.15) is 0 Å². The standard InChI is InChI=1S/C14H29N3O2/c1-5-12(6-2)17(7-8-19-4)14(18)13-10-15-11(3)9-16-13/h11-13,15-16H,5-10H2,1-4H3. The van der Waals surface area contributed by atoms with E-state index in [1.807, 2.05) is 4.90 Å². The first-order chi connectivity index (χ1) is 9.13. The summed E-state index contributed by atoms with van der Waals surface area (Å²) in [5.41, 5.74) is 0. The summed E-state index contributed by atoms with van der Waals surface area (Å²) in [6, 6.07) is 0.641. The second-order valence-electron chi connectivity index (χ2n) is 5.26. The molecule has 0 bridgehead atoms. The first-order valence-electron chi connectivity index (χ1n) is 7.40. The van der Waals surface area contributed by atoms with Gasteiger partial charge in [0.25, 0.3) is 0 Å². The van der Waals surface area contributed by atoms with Crippen LogP contribution in [0.15, 0.2) is 0 Å². The Morgan fingerprint density at radius 1 is 1.32 bits per heavy atom. The van der Waals surface area contributed by atoms with Gasteiger partial charge >= 0.3 is 0 Å². The van der Waals surface area contributed by atoms with Gasteiger partial charge in [-0.05, 0) is 19.8 Å². The molecular weight excluding hydrogens is 242 g/mol. The third kappa shape index (κ3) is 4.75. The number of rotatable bonds is 7. The molecule has 0 saturated carbocycles. The van der Waals surface area contributed by atoms with Gasteiger partial charge in [-0.1, -0.05) is 13.8 Å². The summed E-state index contributed by atoms with van der Waals surface area (Å²) >= 11 is 0. The molecule has 1 aliphatic heterocycles. The Morgan fingerprint density at radius 2 is 2.00 bits per heavy atom. The molecule has 1 aliphatic rings. The fourth-order valence-corrected chi connectivity index (χ4v) is 2.55. The van der Waals surface area contributed by atoms with Gasteiger partial charge in [-0.15, -0.1) is 0 Å². The zero-order valence-corrected chi connectivity index (χ0v) is 12.7. The second kappa shape index (κ2) is 8.51. The van der Waals surface area contributed by atoms with E-state index in [0.717, 1.165) is 19.4 Å². The van der Waals surface area contributed by atoms with Gasteiger partial charge < -0.3 is 20.3 Å². The minimum Gasteiger partial charge on any atom is -0.383 e. The van der Waals surface area contributed by atoms with Gasteiger partial charge in [0.15, 0.2) is 0 Å². The van der Waals surface area contributed by atoms with E-state index in [0.29, 0.717) is 31.8 Å². The van der Waals surface area contributed by atoms with Crippen LogP contribution in [0.2, 0.25) is 0 Å². The minimum absolute atomic E-state index is 0.103. The van der Waals surface area contributed by atoms with Crippen LogP contribution in [-0.4, -0.2) is 62.3 Å². The van der Waals surface area contributed by atoms with Crippen molar-refractivity contribution in [2.24, 2.45) is 0 Å². The smallest absolute Gasteiger partial charge is 0.241 e. The molecule has 0 aliphatic carbocycles. The number of nitrogens with zero attached hydrogens (tertiary/aromatic N) is 1. The van der Waals surface area contributed by atoms with Crippen LogP contribution in [0, 0.1) is 0 Å². The molecule has 5 heteroatoms. The van der Waals surface area contributed by atoms with Crippen molar-refractivity contribution in [3.8, 4) is 0 Å². The predicted octanol–water partition coefficient (Wildman–Crippen LogP) is 0.600. The Morgan fingerprint density at radius 3 is 2.47 bits per heavy atom. The Kier molecular flexibility index (Phi) is 7.34. The molecular formula is C14H29N3O2. The first kappa shape index (κ1) is 16.4. The zero-order chi connectivity index (χ0) is 14.3. The Hall–Kier alpha value is -0.650.